The summed E-state index contributed by atoms with van der Waals surface area (Å²) in [5.74, 6) is 1.78. The standard InChI is InChI=1S/C21H28N4O2/c1-27-19-10-6-16(7-11-19)14-24(17-8-9-17)15-21(26)23-20-12-13-22-25(20)18-4-2-3-5-18/h6-7,10-13,17-18H,2-5,8-9,14-15H2,1H3,(H,23,26)/p+1. The van der Waals surface area contributed by atoms with Gasteiger partial charge in [-0.3, -0.25) is 4.79 Å². The lowest BCUT2D eigenvalue weighted by Gasteiger charge is -2.20. The van der Waals surface area contributed by atoms with Crippen molar-refractivity contribution in [3.8, 4) is 5.75 Å². The van der Waals surface area contributed by atoms with Crippen LogP contribution in [-0.4, -0.2) is 35.4 Å². The summed E-state index contributed by atoms with van der Waals surface area (Å²) in [4.78, 5) is 14.1. The van der Waals surface area contributed by atoms with Gasteiger partial charge in [0.15, 0.2) is 6.54 Å². The zero-order valence-electron chi connectivity index (χ0n) is 16.0. The first-order valence-corrected chi connectivity index (χ1v) is 10.0. The van der Waals surface area contributed by atoms with Crippen LogP contribution in [0.25, 0.3) is 0 Å². The molecule has 144 valence electrons. The lowest BCUT2D eigenvalue weighted by atomic mass is 10.2. The molecule has 2 fully saturated rings. The summed E-state index contributed by atoms with van der Waals surface area (Å²) in [5.41, 5.74) is 1.24. The second-order valence-corrected chi connectivity index (χ2v) is 7.78. The van der Waals surface area contributed by atoms with Gasteiger partial charge in [0, 0.05) is 24.5 Å². The van der Waals surface area contributed by atoms with Crippen molar-refractivity contribution in [3.05, 3.63) is 42.1 Å². The highest BCUT2D eigenvalue weighted by atomic mass is 16.5. The second-order valence-electron chi connectivity index (χ2n) is 7.78. The number of carbonyl (C=O) groups is 1. The molecule has 0 radical (unpaired) electrons. The molecule has 6 nitrogen and oxygen atoms in total. The molecule has 0 spiro atoms. The Kier molecular flexibility index (Phi) is 5.43. The summed E-state index contributed by atoms with van der Waals surface area (Å²) in [5, 5.41) is 7.55. The maximum absolute atomic E-state index is 12.7. The summed E-state index contributed by atoms with van der Waals surface area (Å²) in [7, 11) is 1.68. The molecule has 2 N–H and O–H groups in total. The molecule has 1 unspecified atom stereocenters. The Morgan fingerprint density at radius 3 is 2.59 bits per heavy atom. The fraction of sp³-hybridized carbons (Fsp3) is 0.524. The van der Waals surface area contributed by atoms with Crippen molar-refractivity contribution < 1.29 is 14.4 Å². The molecule has 1 aromatic carbocycles. The minimum Gasteiger partial charge on any atom is -0.497 e. The monoisotopic (exact) mass is 369 g/mol. The highest BCUT2D eigenvalue weighted by Crippen LogP contribution is 2.31. The predicted molar refractivity (Wildman–Crippen MR) is 104 cm³/mol. The molecular weight excluding hydrogens is 340 g/mol. The number of nitrogens with zero attached hydrogens (tertiary/aromatic N) is 2. The molecule has 6 heteroatoms. The van der Waals surface area contributed by atoms with Crippen LogP contribution in [0, 0.1) is 0 Å². The topological polar surface area (TPSA) is 60.6 Å². The minimum atomic E-state index is 0.0742. The number of nitrogens with one attached hydrogen (secondary N) is 2. The molecule has 2 aromatic rings. The molecule has 2 aliphatic rings. The molecule has 1 aromatic heterocycles. The Labute approximate surface area is 160 Å². The number of hydrogen-bond acceptors (Lipinski definition) is 3. The van der Waals surface area contributed by atoms with Crippen molar-refractivity contribution in [2.24, 2.45) is 0 Å². The molecule has 0 aliphatic heterocycles. The number of ether oxygens (including phenoxy) is 1. The first-order valence-electron chi connectivity index (χ1n) is 10.0. The average Bonchev–Trinajstić information content (AvgIpc) is 3.19. The fourth-order valence-corrected chi connectivity index (χ4v) is 4.09. The van der Waals surface area contributed by atoms with Crippen LogP contribution in [0.15, 0.2) is 36.5 Å². The van der Waals surface area contributed by atoms with Crippen molar-refractivity contribution in [1.29, 1.82) is 0 Å². The lowest BCUT2D eigenvalue weighted by molar-refractivity contribution is -0.916. The van der Waals surface area contributed by atoms with Crippen LogP contribution in [0.5, 0.6) is 5.75 Å². The van der Waals surface area contributed by atoms with Gasteiger partial charge in [0.1, 0.15) is 18.1 Å². The quantitative estimate of drug-likeness (QED) is 0.750. The second kappa shape index (κ2) is 8.13. The third-order valence-electron chi connectivity index (χ3n) is 5.74. The van der Waals surface area contributed by atoms with Crippen LogP contribution in [0.4, 0.5) is 5.82 Å². The highest BCUT2D eigenvalue weighted by Gasteiger charge is 2.34. The minimum absolute atomic E-state index is 0.0742. The lowest BCUT2D eigenvalue weighted by Crippen LogP contribution is -3.13. The zero-order valence-corrected chi connectivity index (χ0v) is 16.0. The Morgan fingerprint density at radius 1 is 1.19 bits per heavy atom. The molecule has 0 saturated heterocycles. The predicted octanol–water partition coefficient (Wildman–Crippen LogP) is 2.19. The molecule has 4 rings (SSSR count). The molecule has 0 bridgehead atoms. The number of quaternary nitrogens is 1. The van der Waals surface area contributed by atoms with E-state index in [1.54, 1.807) is 13.3 Å². The Balaban J connectivity index is 1.37. The van der Waals surface area contributed by atoms with Crippen LogP contribution in [-0.2, 0) is 11.3 Å². The normalized spacial score (nSPS) is 18.4. The molecular formula is C21H29N4O2+. The van der Waals surface area contributed by atoms with Gasteiger partial charge in [-0.2, -0.15) is 5.10 Å². The van der Waals surface area contributed by atoms with Gasteiger partial charge >= 0.3 is 0 Å². The first kappa shape index (κ1) is 18.0. The number of benzene rings is 1. The van der Waals surface area contributed by atoms with Gasteiger partial charge in [0.25, 0.3) is 5.91 Å². The van der Waals surface area contributed by atoms with Gasteiger partial charge in [-0.1, -0.05) is 12.8 Å². The smallest absolute Gasteiger partial charge is 0.280 e. The molecule has 2 aliphatic carbocycles. The van der Waals surface area contributed by atoms with E-state index in [4.69, 9.17) is 4.74 Å². The van der Waals surface area contributed by atoms with Crippen molar-refractivity contribution in [3.63, 3.8) is 0 Å². The largest absolute Gasteiger partial charge is 0.497 e. The number of amides is 1. The van der Waals surface area contributed by atoms with Gasteiger partial charge in [-0.15, -0.1) is 0 Å². The van der Waals surface area contributed by atoms with Gasteiger partial charge < -0.3 is 15.0 Å². The van der Waals surface area contributed by atoms with Gasteiger partial charge in [0.05, 0.1) is 25.4 Å². The maximum Gasteiger partial charge on any atom is 0.280 e. The summed E-state index contributed by atoms with van der Waals surface area (Å²) < 4.78 is 7.24. The van der Waals surface area contributed by atoms with Crippen molar-refractivity contribution in [2.75, 3.05) is 19.0 Å². The summed E-state index contributed by atoms with van der Waals surface area (Å²) in [6, 6.07) is 11.1. The van der Waals surface area contributed by atoms with Gasteiger partial charge in [0.2, 0.25) is 0 Å². The summed E-state index contributed by atoms with van der Waals surface area (Å²) in [6.45, 7) is 1.36. The fourth-order valence-electron chi connectivity index (χ4n) is 4.09. The van der Waals surface area contributed by atoms with E-state index in [0.717, 1.165) is 31.0 Å². The van der Waals surface area contributed by atoms with E-state index in [1.165, 1.54) is 36.1 Å². The van der Waals surface area contributed by atoms with Crippen molar-refractivity contribution >= 4 is 11.7 Å². The zero-order chi connectivity index (χ0) is 18.6. The third kappa shape index (κ3) is 4.50. The number of methoxy groups -OCH3 is 1. The van der Waals surface area contributed by atoms with Crippen LogP contribution < -0.4 is 15.0 Å². The molecule has 1 heterocycles. The Hall–Kier alpha value is -2.34. The van der Waals surface area contributed by atoms with Crippen molar-refractivity contribution in [2.45, 2.75) is 57.2 Å². The van der Waals surface area contributed by atoms with Gasteiger partial charge in [-0.25, -0.2) is 4.68 Å². The summed E-state index contributed by atoms with van der Waals surface area (Å²) in [6.07, 6.45) is 9.01. The summed E-state index contributed by atoms with van der Waals surface area (Å²) >= 11 is 0. The molecule has 27 heavy (non-hydrogen) atoms. The first-order chi connectivity index (χ1) is 13.2. The van der Waals surface area contributed by atoms with Crippen LogP contribution in [0.3, 0.4) is 0 Å². The number of rotatable bonds is 8. The number of aromatic nitrogens is 2. The number of hydrogen-bond donors (Lipinski definition) is 2. The molecule has 1 amide bonds. The van der Waals surface area contributed by atoms with E-state index in [-0.39, 0.29) is 5.91 Å². The number of anilines is 1. The molecule has 1 atom stereocenters. The van der Waals surface area contributed by atoms with Crippen LogP contribution in [0.1, 0.15) is 50.1 Å². The van der Waals surface area contributed by atoms with Crippen molar-refractivity contribution in [1.82, 2.24) is 9.78 Å². The molecule has 2 saturated carbocycles. The van der Waals surface area contributed by atoms with E-state index >= 15 is 0 Å². The van der Waals surface area contributed by atoms with Crippen LogP contribution >= 0.6 is 0 Å². The van der Waals surface area contributed by atoms with E-state index in [2.05, 4.69) is 22.5 Å². The van der Waals surface area contributed by atoms with E-state index in [1.807, 2.05) is 22.9 Å². The average molecular weight is 369 g/mol. The maximum atomic E-state index is 12.7. The van der Waals surface area contributed by atoms with E-state index < -0.39 is 0 Å². The SMILES string of the molecule is COc1ccc(C[NH+](CC(=O)Nc2ccnn2C2CCCC2)C2CC2)cc1. The van der Waals surface area contributed by atoms with E-state index in [9.17, 15) is 4.79 Å². The Morgan fingerprint density at radius 2 is 1.93 bits per heavy atom. The van der Waals surface area contributed by atoms with E-state index in [0.29, 0.717) is 18.6 Å². The van der Waals surface area contributed by atoms with Crippen LogP contribution in [0.2, 0.25) is 0 Å². The Bertz CT molecular complexity index is 761. The highest BCUT2D eigenvalue weighted by molar-refractivity contribution is 5.90. The third-order valence-corrected chi connectivity index (χ3v) is 5.74. The van der Waals surface area contributed by atoms with Gasteiger partial charge in [-0.05, 0) is 37.1 Å². The number of carbonyl (C=O) groups excluding carboxylic acids is 1.